The summed E-state index contributed by atoms with van der Waals surface area (Å²) in [5.41, 5.74) is -8.11. The van der Waals surface area contributed by atoms with Gasteiger partial charge in [-0.25, -0.2) is 14.4 Å². The molecule has 0 spiro atoms. The predicted molar refractivity (Wildman–Crippen MR) is 196 cm³/mol. The van der Waals surface area contributed by atoms with Gasteiger partial charge < -0.3 is 43.4 Å². The third-order valence-corrected chi connectivity index (χ3v) is 11.7. The highest BCUT2D eigenvalue weighted by molar-refractivity contribution is 6.68. The van der Waals surface area contributed by atoms with Crippen LogP contribution < -0.4 is 0 Å². The maximum Gasteiger partial charge on any atom is 0.509 e. The Morgan fingerprint density at radius 1 is 0.909 bits per heavy atom. The number of fused-ring (bicyclic) bond motifs is 5. The molecule has 1 aromatic carbocycles. The van der Waals surface area contributed by atoms with E-state index in [1.54, 1.807) is 18.2 Å². The molecule has 5 rings (SSSR count). The van der Waals surface area contributed by atoms with E-state index in [4.69, 9.17) is 103 Å². The minimum Gasteiger partial charge on any atom is -0.455 e. The van der Waals surface area contributed by atoms with Crippen LogP contribution in [-0.4, -0.2) is 109 Å². The van der Waals surface area contributed by atoms with Crippen molar-refractivity contribution in [2.24, 2.45) is 16.7 Å². The number of Topliss-reactive ketones (excluding diaryl/α,β-unsaturated/α-hetero) is 1. The number of hydrogen-bond donors (Lipinski definition) is 2. The Bertz CT molecular complexity index is 1740. The van der Waals surface area contributed by atoms with E-state index in [0.29, 0.717) is 0 Å². The number of ketones is 1. The van der Waals surface area contributed by atoms with E-state index >= 15 is 4.79 Å². The molecule has 1 aromatic rings. The molecule has 3 aliphatic carbocycles. The molecule has 14 nitrogen and oxygen atoms in total. The number of halogens is 6. The van der Waals surface area contributed by atoms with Crippen LogP contribution in [0.15, 0.2) is 41.5 Å². The third kappa shape index (κ3) is 8.22. The number of hydrogen-bond acceptors (Lipinski definition) is 14. The van der Waals surface area contributed by atoms with Crippen LogP contribution in [0.4, 0.5) is 9.59 Å². The van der Waals surface area contributed by atoms with Gasteiger partial charge in [0.15, 0.2) is 17.5 Å². The summed E-state index contributed by atoms with van der Waals surface area (Å²) in [6.07, 6.45) is -11.9. The molecule has 304 valence electrons. The van der Waals surface area contributed by atoms with Gasteiger partial charge in [0.25, 0.3) is 0 Å². The topological polar surface area (TPSA) is 190 Å². The SMILES string of the molecule is CC(=O)O[C@@]12CO[C@@H]1C[C@H](OC(=O)OCC(Cl)(Cl)Cl)[C@@]1(C)C(=O)[C@H](OC(=O)OCC(Cl)(Cl)Cl)C3=C(C)[C@H](O)C[C@@](O)([C@@H](OC(=O)c4ccccc4)[C@H]21)C3(C)C. The molecule has 9 atom stereocenters. The second-order valence-corrected chi connectivity index (χ2v) is 19.7. The highest BCUT2D eigenvalue weighted by Crippen LogP contribution is 2.64. The van der Waals surface area contributed by atoms with Gasteiger partial charge in [-0.3, -0.25) is 9.59 Å². The van der Waals surface area contributed by atoms with Crippen LogP contribution in [0, 0.1) is 16.7 Å². The zero-order valence-corrected chi connectivity index (χ0v) is 34.5. The molecule has 2 N–H and O–H groups in total. The Kier molecular flexibility index (Phi) is 12.3. The predicted octanol–water partition coefficient (Wildman–Crippen LogP) is 6.14. The van der Waals surface area contributed by atoms with E-state index in [2.05, 4.69) is 0 Å². The molecule has 1 saturated heterocycles. The molecule has 1 aliphatic heterocycles. The summed E-state index contributed by atoms with van der Waals surface area (Å²) >= 11 is 34.7. The van der Waals surface area contributed by atoms with Crippen LogP contribution in [0.25, 0.3) is 0 Å². The average Bonchev–Trinajstić information content (AvgIpc) is 3.07. The summed E-state index contributed by atoms with van der Waals surface area (Å²) in [5.74, 6) is -4.48. The Labute approximate surface area is 345 Å². The van der Waals surface area contributed by atoms with Crippen molar-refractivity contribution in [3.05, 3.63) is 47.0 Å². The lowest BCUT2D eigenvalue weighted by Gasteiger charge is -2.67. The molecule has 0 aromatic heterocycles. The Balaban J connectivity index is 1.80. The minimum atomic E-state index is -2.37. The van der Waals surface area contributed by atoms with Gasteiger partial charge >= 0.3 is 24.2 Å². The fourth-order valence-corrected chi connectivity index (χ4v) is 8.78. The number of carbonyl (C=O) groups excluding carboxylic acids is 5. The van der Waals surface area contributed by atoms with Gasteiger partial charge in [0.05, 0.1) is 29.6 Å². The first-order valence-corrected chi connectivity index (χ1v) is 19.1. The van der Waals surface area contributed by atoms with E-state index in [1.807, 2.05) is 0 Å². The average molecular weight is 895 g/mol. The normalized spacial score (nSPS) is 34.0. The van der Waals surface area contributed by atoms with Crippen LogP contribution >= 0.6 is 69.6 Å². The standard InChI is InChI=1S/C35H38Cl6O14/c1-16-19(43)12-33(48)26(54-27(45)18-9-7-6-8-10-18)24-31(5,25(44)23(22(16)30(33,3)4)53-29(47)51-15-35(39,40)41)20(52-28(46)50-14-34(36,37)38)11-21-32(24,13-49-21)55-17(2)42/h6-10,19-21,23-24,26,43,48H,11-15H2,1-5H3/t19-,20+,21-,23-,24+,26+,31-,32+,33-/m1/s1. The third-order valence-electron chi connectivity index (χ3n) is 11.1. The molecule has 55 heavy (non-hydrogen) atoms. The van der Waals surface area contributed by atoms with Gasteiger partial charge in [-0.1, -0.05) is 102 Å². The van der Waals surface area contributed by atoms with Crippen LogP contribution in [0.5, 0.6) is 0 Å². The number of alkyl halides is 6. The minimum absolute atomic E-state index is 0.0436. The van der Waals surface area contributed by atoms with Gasteiger partial charge in [0, 0.05) is 25.2 Å². The zero-order valence-electron chi connectivity index (χ0n) is 29.9. The number of carbonyl (C=O) groups is 5. The highest BCUT2D eigenvalue weighted by atomic mass is 35.6. The van der Waals surface area contributed by atoms with Crippen LogP contribution in [0.3, 0.4) is 0 Å². The van der Waals surface area contributed by atoms with Crippen LogP contribution in [0.1, 0.15) is 57.8 Å². The first-order chi connectivity index (χ1) is 25.3. The van der Waals surface area contributed by atoms with Crippen molar-refractivity contribution in [1.29, 1.82) is 0 Å². The number of benzene rings is 1. The number of esters is 2. The molecule has 20 heteroatoms. The Hall–Kier alpha value is -2.27. The van der Waals surface area contributed by atoms with Crippen molar-refractivity contribution >= 4 is 99.6 Å². The van der Waals surface area contributed by atoms with Crippen molar-refractivity contribution in [3.63, 3.8) is 0 Å². The smallest absolute Gasteiger partial charge is 0.455 e. The lowest BCUT2D eigenvalue weighted by atomic mass is 9.44. The summed E-state index contributed by atoms with van der Waals surface area (Å²) in [6, 6.07) is 7.71. The van der Waals surface area contributed by atoms with Gasteiger partial charge in [0.2, 0.25) is 7.59 Å². The number of rotatable bonds is 7. The maximum absolute atomic E-state index is 15.6. The monoisotopic (exact) mass is 892 g/mol. The highest BCUT2D eigenvalue weighted by Gasteiger charge is 2.79. The molecule has 1 heterocycles. The fraction of sp³-hybridized carbons (Fsp3) is 0.629. The molecular formula is C35H38Cl6O14. The summed E-state index contributed by atoms with van der Waals surface area (Å²) in [5, 5.41) is 24.8. The van der Waals surface area contributed by atoms with E-state index in [1.165, 1.54) is 39.8 Å². The molecule has 3 fully saturated rings. The van der Waals surface area contributed by atoms with Gasteiger partial charge in [0.1, 0.15) is 37.1 Å². The molecule has 2 saturated carbocycles. The Morgan fingerprint density at radius 3 is 1.98 bits per heavy atom. The molecule has 2 bridgehead atoms. The van der Waals surface area contributed by atoms with E-state index in [9.17, 15) is 29.4 Å². The number of ether oxygens (including phenoxy) is 7. The second kappa shape index (κ2) is 15.5. The van der Waals surface area contributed by atoms with Crippen LogP contribution in [-0.2, 0) is 42.7 Å². The second-order valence-electron chi connectivity index (χ2n) is 14.7. The van der Waals surface area contributed by atoms with Crippen molar-refractivity contribution in [3.8, 4) is 0 Å². The number of aliphatic hydroxyl groups is 2. The van der Waals surface area contributed by atoms with Gasteiger partial charge in [-0.15, -0.1) is 0 Å². The fourth-order valence-electron chi connectivity index (χ4n) is 8.45. The Morgan fingerprint density at radius 2 is 1.47 bits per heavy atom. The van der Waals surface area contributed by atoms with Crippen molar-refractivity contribution in [2.45, 2.75) is 96.8 Å². The summed E-state index contributed by atoms with van der Waals surface area (Å²) in [6.45, 7) is 4.91. The molecular weight excluding hydrogens is 857 g/mol. The maximum atomic E-state index is 15.6. The van der Waals surface area contributed by atoms with Crippen molar-refractivity contribution in [1.82, 2.24) is 0 Å². The molecule has 0 radical (unpaired) electrons. The summed E-state index contributed by atoms with van der Waals surface area (Å²) < 4.78 is 35.6. The summed E-state index contributed by atoms with van der Waals surface area (Å²) in [7, 11) is 0. The summed E-state index contributed by atoms with van der Waals surface area (Å²) in [4.78, 5) is 69.2. The molecule has 0 amide bonds. The molecule has 4 aliphatic rings. The lowest BCUT2D eigenvalue weighted by molar-refractivity contribution is -0.346. The van der Waals surface area contributed by atoms with Crippen LogP contribution in [0.2, 0.25) is 0 Å². The lowest BCUT2D eigenvalue weighted by Crippen LogP contribution is -2.82. The van der Waals surface area contributed by atoms with E-state index < -0.39 is 116 Å². The first kappa shape index (κ1) is 43.8. The zero-order chi connectivity index (χ0) is 41.1. The van der Waals surface area contributed by atoms with Crippen molar-refractivity contribution < 1.29 is 67.3 Å². The van der Waals surface area contributed by atoms with E-state index in [0.717, 1.165) is 6.92 Å². The quantitative estimate of drug-likeness (QED) is 0.137. The molecule has 0 unspecified atom stereocenters. The number of aliphatic hydroxyl groups excluding tert-OH is 1. The van der Waals surface area contributed by atoms with Gasteiger partial charge in [-0.2, -0.15) is 0 Å². The first-order valence-electron chi connectivity index (χ1n) is 16.8. The largest absolute Gasteiger partial charge is 0.509 e. The van der Waals surface area contributed by atoms with Crippen molar-refractivity contribution in [2.75, 3.05) is 19.8 Å². The van der Waals surface area contributed by atoms with E-state index in [-0.39, 0.29) is 29.7 Å². The van der Waals surface area contributed by atoms with Gasteiger partial charge in [-0.05, 0) is 37.1 Å².